The summed E-state index contributed by atoms with van der Waals surface area (Å²) in [6.07, 6.45) is 1.71. The zero-order chi connectivity index (χ0) is 28.2. The second-order valence-corrected chi connectivity index (χ2v) is 9.26. The largest absolute Gasteiger partial charge is 0.495 e. The highest BCUT2D eigenvalue weighted by Crippen LogP contribution is 2.44. The quantitative estimate of drug-likeness (QED) is 0.164. The average Bonchev–Trinajstić information content (AvgIpc) is 3.58. The summed E-state index contributed by atoms with van der Waals surface area (Å²) < 4.78 is 16.7. The Bertz CT molecular complexity index is 1540. The number of aromatic nitrogens is 1. The molecule has 0 saturated carbocycles. The van der Waals surface area contributed by atoms with E-state index in [2.05, 4.69) is 15.6 Å². The molecule has 2 aromatic carbocycles. The van der Waals surface area contributed by atoms with Crippen LogP contribution in [0.1, 0.15) is 23.5 Å². The third-order valence-electron chi connectivity index (χ3n) is 6.39. The minimum atomic E-state index is -0.454. The molecule has 2 N–H and O–H groups in total. The summed E-state index contributed by atoms with van der Waals surface area (Å²) in [5, 5.41) is 17.7. The summed E-state index contributed by atoms with van der Waals surface area (Å²) in [4.78, 5) is 29.4. The van der Waals surface area contributed by atoms with Gasteiger partial charge in [-0.1, -0.05) is 6.07 Å². The van der Waals surface area contributed by atoms with E-state index < -0.39 is 11.0 Å². The maximum absolute atomic E-state index is 12.3. The number of pyridine rings is 1. The van der Waals surface area contributed by atoms with Crippen molar-refractivity contribution < 1.29 is 23.6 Å². The van der Waals surface area contributed by atoms with Gasteiger partial charge >= 0.3 is 0 Å². The summed E-state index contributed by atoms with van der Waals surface area (Å²) in [6, 6.07) is 20.0. The van der Waals surface area contributed by atoms with E-state index in [0.717, 1.165) is 5.69 Å². The number of nitrogens with one attached hydrogen (secondary N) is 2. The molecule has 5 rings (SSSR count). The minimum Gasteiger partial charge on any atom is -0.495 e. The number of benzene rings is 2. The second-order valence-electron chi connectivity index (χ2n) is 8.87. The number of hydrogen-bond acceptors (Lipinski definition) is 8. The summed E-state index contributed by atoms with van der Waals surface area (Å²) >= 11 is 5.79. The van der Waals surface area contributed by atoms with Crippen molar-refractivity contribution in [3.63, 3.8) is 0 Å². The lowest BCUT2D eigenvalue weighted by atomic mass is 10.0. The molecule has 4 aromatic rings. The molecule has 2 atom stereocenters. The molecule has 40 heavy (non-hydrogen) atoms. The Morgan fingerprint density at radius 3 is 2.62 bits per heavy atom. The Balaban J connectivity index is 1.56. The number of carbonyl (C=O) groups is 1. The topological polar surface area (TPSA) is 132 Å². The van der Waals surface area contributed by atoms with Gasteiger partial charge in [0.25, 0.3) is 5.69 Å². The second kappa shape index (κ2) is 11.5. The van der Waals surface area contributed by atoms with Crippen molar-refractivity contribution in [1.82, 2.24) is 10.3 Å². The van der Waals surface area contributed by atoms with E-state index in [1.165, 1.54) is 26.4 Å². The molecule has 3 heterocycles. The summed E-state index contributed by atoms with van der Waals surface area (Å²) in [7, 11) is 2.96. The van der Waals surface area contributed by atoms with Gasteiger partial charge in [-0.25, -0.2) is 0 Å². The van der Waals surface area contributed by atoms with Gasteiger partial charge in [0.15, 0.2) is 5.11 Å². The van der Waals surface area contributed by atoms with Crippen LogP contribution in [0.4, 0.5) is 17.1 Å². The van der Waals surface area contributed by atoms with Gasteiger partial charge < -0.3 is 29.4 Å². The van der Waals surface area contributed by atoms with Crippen LogP contribution >= 0.6 is 12.2 Å². The maximum Gasteiger partial charge on any atom is 0.269 e. The van der Waals surface area contributed by atoms with Gasteiger partial charge in [0, 0.05) is 36.7 Å². The molecule has 0 radical (unpaired) electrons. The molecule has 0 bridgehead atoms. The molecule has 1 amide bonds. The molecule has 11 nitrogen and oxygen atoms in total. The van der Waals surface area contributed by atoms with Crippen molar-refractivity contribution in [3.8, 4) is 17.1 Å². The number of hydrogen-bond donors (Lipinski definition) is 2. The minimum absolute atomic E-state index is 0.00448. The molecule has 0 unspecified atom stereocenters. The fourth-order valence-corrected chi connectivity index (χ4v) is 4.94. The van der Waals surface area contributed by atoms with Crippen LogP contribution in [-0.4, -0.2) is 41.8 Å². The molecular formula is C28H25N5O6S. The first-order valence-corrected chi connectivity index (χ1v) is 12.6. The van der Waals surface area contributed by atoms with Crippen LogP contribution in [0.15, 0.2) is 83.4 Å². The predicted octanol–water partition coefficient (Wildman–Crippen LogP) is 5.02. The van der Waals surface area contributed by atoms with Gasteiger partial charge in [-0.3, -0.25) is 19.9 Å². The van der Waals surface area contributed by atoms with Crippen LogP contribution in [0, 0.1) is 10.1 Å². The van der Waals surface area contributed by atoms with Crippen LogP contribution in [0.25, 0.3) is 11.3 Å². The van der Waals surface area contributed by atoms with E-state index in [9.17, 15) is 14.9 Å². The first-order valence-electron chi connectivity index (χ1n) is 12.2. The third-order valence-corrected chi connectivity index (χ3v) is 6.70. The molecule has 204 valence electrons. The highest BCUT2D eigenvalue weighted by molar-refractivity contribution is 7.80. The van der Waals surface area contributed by atoms with E-state index in [1.807, 2.05) is 41.3 Å². The van der Waals surface area contributed by atoms with E-state index in [1.54, 1.807) is 30.5 Å². The lowest BCUT2D eigenvalue weighted by Crippen LogP contribution is -2.29. The van der Waals surface area contributed by atoms with Gasteiger partial charge in [-0.05, 0) is 66.8 Å². The van der Waals surface area contributed by atoms with Gasteiger partial charge in [0.2, 0.25) is 5.91 Å². The number of furan rings is 1. The number of nitro benzene ring substituents is 1. The van der Waals surface area contributed by atoms with Crippen LogP contribution in [0.2, 0.25) is 0 Å². The van der Waals surface area contributed by atoms with Crippen LogP contribution in [0.5, 0.6) is 5.75 Å². The Hall–Kier alpha value is -4.81. The van der Waals surface area contributed by atoms with Crippen molar-refractivity contribution in [3.05, 3.63) is 101 Å². The normalized spacial score (nSPS) is 16.4. The van der Waals surface area contributed by atoms with Crippen molar-refractivity contribution in [2.24, 2.45) is 0 Å². The fraction of sp³-hybridized carbons (Fsp3) is 0.179. The third kappa shape index (κ3) is 5.35. The van der Waals surface area contributed by atoms with Gasteiger partial charge in [-0.2, -0.15) is 0 Å². The number of ether oxygens (including phenoxy) is 2. The molecular weight excluding hydrogens is 534 g/mol. The predicted molar refractivity (Wildman–Crippen MR) is 152 cm³/mol. The van der Waals surface area contributed by atoms with Crippen molar-refractivity contribution in [2.45, 2.75) is 12.1 Å². The van der Waals surface area contributed by atoms with E-state index in [-0.39, 0.29) is 24.2 Å². The lowest BCUT2D eigenvalue weighted by Gasteiger charge is -2.27. The number of carbonyl (C=O) groups excluding carboxylic acids is 1. The first kappa shape index (κ1) is 26.8. The SMILES string of the molecule is COCC(=O)Nc1cc(N2C(=S)N[C@@H](c3ccccn3)[C@H]2c2ccc(-c3ccc([N+](=O)[O-])cc3)o2)ccc1OC. The Morgan fingerprint density at radius 2 is 1.95 bits per heavy atom. The monoisotopic (exact) mass is 559 g/mol. The summed E-state index contributed by atoms with van der Waals surface area (Å²) in [6.45, 7) is -0.112. The molecule has 2 aromatic heterocycles. The van der Waals surface area contributed by atoms with Crippen LogP contribution < -0.4 is 20.3 Å². The summed E-state index contributed by atoms with van der Waals surface area (Å²) in [5.41, 5.74) is 2.58. The first-order chi connectivity index (χ1) is 19.4. The molecule has 0 spiro atoms. The fourth-order valence-electron chi connectivity index (χ4n) is 4.60. The highest BCUT2D eigenvalue weighted by atomic mass is 32.1. The number of nitrogens with zero attached hydrogens (tertiary/aromatic N) is 3. The van der Waals surface area contributed by atoms with Crippen molar-refractivity contribution in [2.75, 3.05) is 31.0 Å². The van der Waals surface area contributed by atoms with Gasteiger partial charge in [0.05, 0.1) is 29.5 Å². The zero-order valence-electron chi connectivity index (χ0n) is 21.6. The van der Waals surface area contributed by atoms with Crippen LogP contribution in [0.3, 0.4) is 0 Å². The number of methoxy groups -OCH3 is 2. The van der Waals surface area contributed by atoms with E-state index in [4.69, 9.17) is 26.1 Å². The molecule has 12 heteroatoms. The number of anilines is 2. The van der Waals surface area contributed by atoms with E-state index in [0.29, 0.717) is 39.3 Å². The maximum atomic E-state index is 12.3. The van der Waals surface area contributed by atoms with Crippen LogP contribution in [-0.2, 0) is 9.53 Å². The molecule has 1 fully saturated rings. The molecule has 1 aliphatic rings. The number of non-ortho nitro benzene ring substituents is 1. The Kier molecular flexibility index (Phi) is 7.71. The number of rotatable bonds is 9. The summed E-state index contributed by atoms with van der Waals surface area (Å²) in [5.74, 6) is 1.28. The number of amides is 1. The van der Waals surface area contributed by atoms with Crippen molar-refractivity contribution >= 4 is 40.3 Å². The Labute approximate surface area is 234 Å². The number of nitro groups is 1. The average molecular weight is 560 g/mol. The van der Waals surface area contributed by atoms with Gasteiger partial charge in [-0.15, -0.1) is 0 Å². The zero-order valence-corrected chi connectivity index (χ0v) is 22.4. The van der Waals surface area contributed by atoms with E-state index >= 15 is 0 Å². The Morgan fingerprint density at radius 1 is 1.15 bits per heavy atom. The molecule has 1 saturated heterocycles. The smallest absolute Gasteiger partial charge is 0.269 e. The highest BCUT2D eigenvalue weighted by Gasteiger charge is 2.42. The number of thiocarbonyl (C=S) groups is 1. The molecule has 0 aliphatic carbocycles. The lowest BCUT2D eigenvalue weighted by molar-refractivity contribution is -0.384. The molecule has 1 aliphatic heterocycles. The standard InChI is InChI=1S/C28H25N5O6S/c1-37-16-25(34)30-21-15-19(10-11-23(21)38-2)32-27(26(31-28(32)40)20-5-3-4-14-29-20)24-13-12-22(39-24)17-6-8-18(9-7-17)33(35)36/h3-15,26-27H,16H2,1-2H3,(H,30,34)(H,31,40)/t26-,27+/m0/s1. The van der Waals surface area contributed by atoms with Crippen molar-refractivity contribution in [1.29, 1.82) is 0 Å². The van der Waals surface area contributed by atoms with Gasteiger partial charge in [0.1, 0.15) is 29.9 Å².